The van der Waals surface area contributed by atoms with E-state index in [1.165, 1.54) is 24.3 Å². The van der Waals surface area contributed by atoms with E-state index in [0.29, 0.717) is 23.4 Å². The van der Waals surface area contributed by atoms with Gasteiger partial charge in [-0.15, -0.1) is 0 Å². The van der Waals surface area contributed by atoms with Crippen molar-refractivity contribution in [2.24, 2.45) is 0 Å². The number of nitrogens with one attached hydrogen (secondary N) is 2. The maximum absolute atomic E-state index is 12.2. The predicted molar refractivity (Wildman–Crippen MR) is 108 cm³/mol. The van der Waals surface area contributed by atoms with Gasteiger partial charge in [0.1, 0.15) is 0 Å². The van der Waals surface area contributed by atoms with E-state index in [-0.39, 0.29) is 17.5 Å². The molecule has 2 aromatic rings. The molecule has 0 spiro atoms. The van der Waals surface area contributed by atoms with E-state index in [0.717, 1.165) is 19.6 Å². The Balaban J connectivity index is 1.90. The highest BCUT2D eigenvalue weighted by Gasteiger charge is 2.11. The van der Waals surface area contributed by atoms with Crippen LogP contribution in [0.25, 0.3) is 0 Å². The summed E-state index contributed by atoms with van der Waals surface area (Å²) in [5.74, 6) is -0.549. The first-order chi connectivity index (χ1) is 13.4. The number of rotatable bonds is 9. The molecule has 0 unspecified atom stereocenters. The summed E-state index contributed by atoms with van der Waals surface area (Å²) >= 11 is 0. The topological polar surface area (TPSA) is 105 Å². The molecule has 2 amide bonds. The Morgan fingerprint density at radius 1 is 0.929 bits per heavy atom. The SMILES string of the molecule is CCN(CC)CCNC(=O)c1ccc(NC(=O)c2ccc([N+](=O)[O-])cc2)cc1. The van der Waals surface area contributed by atoms with Crippen LogP contribution >= 0.6 is 0 Å². The van der Waals surface area contributed by atoms with Gasteiger partial charge in [-0.1, -0.05) is 13.8 Å². The summed E-state index contributed by atoms with van der Waals surface area (Å²) < 4.78 is 0. The summed E-state index contributed by atoms with van der Waals surface area (Å²) in [6, 6.07) is 11.9. The molecule has 0 aliphatic heterocycles. The number of nitrogens with zero attached hydrogens (tertiary/aromatic N) is 2. The van der Waals surface area contributed by atoms with E-state index in [2.05, 4.69) is 29.4 Å². The van der Waals surface area contributed by atoms with E-state index < -0.39 is 4.92 Å². The van der Waals surface area contributed by atoms with Crippen molar-refractivity contribution in [3.63, 3.8) is 0 Å². The lowest BCUT2D eigenvalue weighted by Crippen LogP contribution is -2.34. The molecule has 0 aliphatic carbocycles. The van der Waals surface area contributed by atoms with Crippen molar-refractivity contribution in [1.29, 1.82) is 0 Å². The number of carbonyl (C=O) groups excluding carboxylic acids is 2. The molecule has 0 aromatic heterocycles. The van der Waals surface area contributed by atoms with E-state index in [4.69, 9.17) is 0 Å². The van der Waals surface area contributed by atoms with Crippen molar-refractivity contribution in [1.82, 2.24) is 10.2 Å². The average Bonchev–Trinajstić information content (AvgIpc) is 2.71. The lowest BCUT2D eigenvalue weighted by molar-refractivity contribution is -0.384. The maximum atomic E-state index is 12.2. The molecule has 0 radical (unpaired) electrons. The van der Waals surface area contributed by atoms with Gasteiger partial charge in [0.15, 0.2) is 0 Å². The van der Waals surface area contributed by atoms with Crippen LogP contribution < -0.4 is 10.6 Å². The van der Waals surface area contributed by atoms with Crippen molar-refractivity contribution in [2.45, 2.75) is 13.8 Å². The van der Waals surface area contributed by atoms with E-state index >= 15 is 0 Å². The van der Waals surface area contributed by atoms with Crippen molar-refractivity contribution in [3.8, 4) is 0 Å². The highest BCUT2D eigenvalue weighted by Crippen LogP contribution is 2.15. The second-order valence-electron chi connectivity index (χ2n) is 6.12. The molecule has 0 saturated heterocycles. The predicted octanol–water partition coefficient (Wildman–Crippen LogP) is 2.92. The van der Waals surface area contributed by atoms with Gasteiger partial charge in [-0.2, -0.15) is 0 Å². The third-order valence-electron chi connectivity index (χ3n) is 4.35. The first-order valence-corrected chi connectivity index (χ1v) is 9.11. The molecule has 0 fully saturated rings. The van der Waals surface area contributed by atoms with Crippen LogP contribution in [0.4, 0.5) is 11.4 Å². The third kappa shape index (κ3) is 5.88. The fourth-order valence-electron chi connectivity index (χ4n) is 2.61. The Morgan fingerprint density at radius 2 is 1.46 bits per heavy atom. The molecule has 28 heavy (non-hydrogen) atoms. The van der Waals surface area contributed by atoms with Crippen LogP contribution in [0.5, 0.6) is 0 Å². The Kier molecular flexibility index (Phi) is 7.65. The zero-order valence-corrected chi connectivity index (χ0v) is 16.0. The van der Waals surface area contributed by atoms with Gasteiger partial charge in [0.05, 0.1) is 4.92 Å². The van der Waals surface area contributed by atoms with Crippen LogP contribution in [-0.4, -0.2) is 47.8 Å². The van der Waals surface area contributed by atoms with Gasteiger partial charge in [0.25, 0.3) is 17.5 Å². The third-order valence-corrected chi connectivity index (χ3v) is 4.35. The number of carbonyl (C=O) groups is 2. The van der Waals surface area contributed by atoms with Crippen LogP contribution in [0.15, 0.2) is 48.5 Å². The number of hydrogen-bond acceptors (Lipinski definition) is 5. The maximum Gasteiger partial charge on any atom is 0.269 e. The number of non-ortho nitro benzene ring substituents is 1. The van der Waals surface area contributed by atoms with Crippen LogP contribution in [0.1, 0.15) is 34.6 Å². The molecular weight excluding hydrogens is 360 g/mol. The number of nitro benzene ring substituents is 1. The summed E-state index contributed by atoms with van der Waals surface area (Å²) in [6.07, 6.45) is 0. The highest BCUT2D eigenvalue weighted by atomic mass is 16.6. The number of anilines is 1. The van der Waals surface area contributed by atoms with Crippen LogP contribution in [-0.2, 0) is 0 Å². The number of benzene rings is 2. The van der Waals surface area contributed by atoms with E-state index in [1.807, 2.05) is 0 Å². The molecule has 2 N–H and O–H groups in total. The first-order valence-electron chi connectivity index (χ1n) is 9.11. The van der Waals surface area contributed by atoms with Crippen molar-refractivity contribution in [3.05, 3.63) is 69.8 Å². The Hall–Kier alpha value is -3.26. The summed E-state index contributed by atoms with van der Waals surface area (Å²) in [7, 11) is 0. The zero-order chi connectivity index (χ0) is 20.5. The van der Waals surface area contributed by atoms with Gasteiger partial charge in [0.2, 0.25) is 0 Å². The minimum atomic E-state index is -0.520. The summed E-state index contributed by atoms with van der Waals surface area (Å²) in [5, 5.41) is 16.2. The van der Waals surface area contributed by atoms with Gasteiger partial charge in [-0.3, -0.25) is 19.7 Å². The summed E-state index contributed by atoms with van der Waals surface area (Å²) in [6.45, 7) is 7.40. The smallest absolute Gasteiger partial charge is 0.269 e. The summed E-state index contributed by atoms with van der Waals surface area (Å²) in [4.78, 5) is 36.7. The Morgan fingerprint density at radius 3 is 2.00 bits per heavy atom. The summed E-state index contributed by atoms with van der Waals surface area (Å²) in [5.41, 5.74) is 1.27. The minimum absolute atomic E-state index is 0.0760. The van der Waals surface area contributed by atoms with Crippen molar-refractivity contribution in [2.75, 3.05) is 31.5 Å². The fraction of sp³-hybridized carbons (Fsp3) is 0.300. The second kappa shape index (κ2) is 10.2. The molecule has 0 saturated carbocycles. The van der Waals surface area contributed by atoms with Gasteiger partial charge in [0, 0.05) is 42.0 Å². The standard InChI is InChI=1S/C20H24N4O4/c1-3-23(4-2)14-13-21-19(25)15-5-9-17(10-6-15)22-20(26)16-7-11-18(12-8-16)24(27)28/h5-12H,3-4,13-14H2,1-2H3,(H,21,25)(H,22,26). The van der Waals surface area contributed by atoms with Gasteiger partial charge in [-0.25, -0.2) is 0 Å². The molecule has 0 heterocycles. The quantitative estimate of drug-likeness (QED) is 0.511. The van der Waals surface area contributed by atoms with Gasteiger partial charge >= 0.3 is 0 Å². The molecule has 2 rings (SSSR count). The monoisotopic (exact) mass is 384 g/mol. The largest absolute Gasteiger partial charge is 0.351 e. The molecule has 148 valence electrons. The van der Waals surface area contributed by atoms with Crippen LogP contribution in [0.3, 0.4) is 0 Å². The number of likely N-dealkylation sites (N-methyl/N-ethyl adjacent to an activating group) is 1. The number of nitro groups is 1. The fourth-order valence-corrected chi connectivity index (χ4v) is 2.61. The number of amides is 2. The van der Waals surface area contributed by atoms with Gasteiger partial charge < -0.3 is 15.5 Å². The second-order valence-corrected chi connectivity index (χ2v) is 6.12. The van der Waals surface area contributed by atoms with Crippen molar-refractivity contribution < 1.29 is 14.5 Å². The van der Waals surface area contributed by atoms with Crippen molar-refractivity contribution >= 4 is 23.2 Å². The lowest BCUT2D eigenvalue weighted by Gasteiger charge is -2.18. The Bertz CT molecular complexity index is 815. The molecule has 8 heteroatoms. The normalized spacial score (nSPS) is 10.5. The Labute approximate surface area is 163 Å². The zero-order valence-electron chi connectivity index (χ0n) is 16.0. The van der Waals surface area contributed by atoms with Crippen LogP contribution in [0, 0.1) is 10.1 Å². The van der Waals surface area contributed by atoms with E-state index in [1.54, 1.807) is 24.3 Å². The first kappa shape index (κ1) is 21.0. The number of hydrogen-bond donors (Lipinski definition) is 2. The lowest BCUT2D eigenvalue weighted by atomic mass is 10.1. The minimum Gasteiger partial charge on any atom is -0.351 e. The average molecular weight is 384 g/mol. The van der Waals surface area contributed by atoms with Gasteiger partial charge in [-0.05, 0) is 49.5 Å². The molecule has 8 nitrogen and oxygen atoms in total. The van der Waals surface area contributed by atoms with E-state index in [9.17, 15) is 19.7 Å². The molecule has 0 atom stereocenters. The highest BCUT2D eigenvalue weighted by molar-refractivity contribution is 6.04. The molecule has 0 aliphatic rings. The molecule has 0 bridgehead atoms. The molecular formula is C20H24N4O4. The molecule has 2 aromatic carbocycles. The van der Waals surface area contributed by atoms with Crippen LogP contribution in [0.2, 0.25) is 0 Å².